The van der Waals surface area contributed by atoms with E-state index in [0.29, 0.717) is 35.3 Å². The van der Waals surface area contributed by atoms with E-state index in [4.69, 9.17) is 14.7 Å². The fourth-order valence-corrected chi connectivity index (χ4v) is 6.41. The van der Waals surface area contributed by atoms with Gasteiger partial charge in [0.15, 0.2) is 11.4 Å². The predicted octanol–water partition coefficient (Wildman–Crippen LogP) is 4.53. The lowest BCUT2D eigenvalue weighted by molar-refractivity contribution is -0.139. The minimum Gasteiger partial charge on any atom is -0.476 e. The summed E-state index contributed by atoms with van der Waals surface area (Å²) in [6, 6.07) is 12.7. The van der Waals surface area contributed by atoms with Gasteiger partial charge in [0.1, 0.15) is 11.8 Å². The van der Waals surface area contributed by atoms with E-state index < -0.39 is 12.0 Å². The molecule has 0 spiro atoms. The summed E-state index contributed by atoms with van der Waals surface area (Å²) in [5.74, 6) is 0.0173. The van der Waals surface area contributed by atoms with Gasteiger partial charge in [-0.2, -0.15) is 5.26 Å². The van der Waals surface area contributed by atoms with E-state index in [1.165, 1.54) is 11.3 Å². The lowest BCUT2D eigenvalue weighted by Crippen LogP contribution is -2.39. The average molecular weight is 631 g/mol. The summed E-state index contributed by atoms with van der Waals surface area (Å²) in [5, 5.41) is 8.80. The zero-order valence-corrected chi connectivity index (χ0v) is 23.7. The fourth-order valence-electron chi connectivity index (χ4n) is 3.91. The van der Waals surface area contributed by atoms with E-state index in [1.54, 1.807) is 24.5 Å². The lowest BCUT2D eigenvalue weighted by atomic mass is 9.95. The monoisotopic (exact) mass is 629 g/mol. The van der Waals surface area contributed by atoms with Gasteiger partial charge in [-0.1, -0.05) is 41.2 Å². The van der Waals surface area contributed by atoms with Crippen molar-refractivity contribution < 1.29 is 14.3 Å². The Kier molecular flexibility index (Phi) is 7.93. The maximum absolute atomic E-state index is 13.7. The summed E-state index contributed by atoms with van der Waals surface area (Å²) >= 11 is 8.19. The molecule has 7 nitrogen and oxygen atoms in total. The number of fused-ring (bicyclic) bond motifs is 1. The van der Waals surface area contributed by atoms with Crippen molar-refractivity contribution in [3.63, 3.8) is 0 Å². The van der Waals surface area contributed by atoms with E-state index >= 15 is 0 Å². The molecule has 36 heavy (non-hydrogen) atoms. The van der Waals surface area contributed by atoms with Crippen LogP contribution in [0.4, 0.5) is 0 Å². The summed E-state index contributed by atoms with van der Waals surface area (Å²) in [6.45, 7) is 5.62. The number of nitriles is 1. The SMILES string of the molecule is CCOC(=O)C1=C(C)N=c2s/c(=C/c3cc(Br)c(OCC#N)c(Br)c3)c(=O)n2[C@H]1c1ccc(C)cc1. The number of hydrogen-bond donors (Lipinski definition) is 0. The van der Waals surface area contributed by atoms with Crippen LogP contribution >= 0.6 is 43.2 Å². The third-order valence-electron chi connectivity index (χ3n) is 5.51. The number of aromatic nitrogens is 1. The van der Waals surface area contributed by atoms with Crippen LogP contribution in [0.2, 0.25) is 0 Å². The van der Waals surface area contributed by atoms with Gasteiger partial charge in [0.05, 0.1) is 37.4 Å². The molecule has 0 bridgehead atoms. The van der Waals surface area contributed by atoms with Crippen molar-refractivity contribution >= 4 is 55.2 Å². The maximum atomic E-state index is 13.7. The minimum atomic E-state index is -0.650. The molecule has 3 aromatic rings. The summed E-state index contributed by atoms with van der Waals surface area (Å²) in [5.41, 5.74) is 3.24. The number of ether oxygens (including phenoxy) is 2. The van der Waals surface area contributed by atoms with Gasteiger partial charge in [-0.05, 0) is 82.0 Å². The standard InChI is InChI=1S/C26H21Br2N3O4S/c1-4-34-25(33)21-15(3)30-26-31(22(21)17-7-5-14(2)6-8-17)24(32)20(36-26)13-16-11-18(27)23(19(28)12-16)35-10-9-29/h5-8,11-13,22H,4,10H2,1-3H3/b20-13+/t22-/m0/s1. The third-order valence-corrected chi connectivity index (χ3v) is 7.67. The smallest absolute Gasteiger partial charge is 0.338 e. The molecule has 184 valence electrons. The second-order valence-corrected chi connectivity index (χ2v) is 10.7. The van der Waals surface area contributed by atoms with Gasteiger partial charge in [-0.3, -0.25) is 9.36 Å². The maximum Gasteiger partial charge on any atom is 0.338 e. The number of benzene rings is 2. The topological polar surface area (TPSA) is 93.7 Å². The molecule has 0 radical (unpaired) electrons. The molecule has 1 aromatic heterocycles. The molecule has 10 heteroatoms. The normalized spacial score (nSPS) is 15.2. The number of hydrogen-bond acceptors (Lipinski definition) is 7. The molecule has 0 amide bonds. The Morgan fingerprint density at radius 2 is 1.89 bits per heavy atom. The Hall–Kier alpha value is -3.00. The van der Waals surface area contributed by atoms with Crippen LogP contribution in [0.1, 0.15) is 36.6 Å². The molecule has 0 fully saturated rings. The number of halogens is 2. The number of nitrogens with zero attached hydrogens (tertiary/aromatic N) is 3. The van der Waals surface area contributed by atoms with Gasteiger partial charge in [-0.25, -0.2) is 9.79 Å². The summed E-state index contributed by atoms with van der Waals surface area (Å²) in [6.07, 6.45) is 1.77. The Morgan fingerprint density at radius 1 is 1.22 bits per heavy atom. The number of carbonyl (C=O) groups excluding carboxylic acids is 1. The first-order valence-corrected chi connectivity index (χ1v) is 13.4. The molecule has 0 saturated heterocycles. The highest BCUT2D eigenvalue weighted by molar-refractivity contribution is 9.11. The number of carbonyl (C=O) groups is 1. The minimum absolute atomic E-state index is 0.0870. The predicted molar refractivity (Wildman–Crippen MR) is 145 cm³/mol. The van der Waals surface area contributed by atoms with Crippen LogP contribution in [0.15, 0.2) is 66.4 Å². The highest BCUT2D eigenvalue weighted by atomic mass is 79.9. The number of allylic oxidation sites excluding steroid dienone is 1. The largest absolute Gasteiger partial charge is 0.476 e. The van der Waals surface area contributed by atoms with Crippen molar-refractivity contribution in [1.29, 1.82) is 5.26 Å². The molecule has 0 N–H and O–H groups in total. The van der Waals surface area contributed by atoms with Crippen molar-refractivity contribution in [3.05, 3.63) is 93.0 Å². The number of thiazole rings is 1. The number of rotatable bonds is 6. The zero-order valence-electron chi connectivity index (χ0n) is 19.7. The fraction of sp³-hybridized carbons (Fsp3) is 0.231. The Balaban J connectivity index is 1.89. The first-order valence-electron chi connectivity index (χ1n) is 11.0. The van der Waals surface area contributed by atoms with Gasteiger partial charge in [0.25, 0.3) is 5.56 Å². The van der Waals surface area contributed by atoms with Gasteiger partial charge < -0.3 is 9.47 Å². The summed E-state index contributed by atoms with van der Waals surface area (Å²) < 4.78 is 14.1. The van der Waals surface area contributed by atoms with E-state index in [-0.39, 0.29) is 18.8 Å². The van der Waals surface area contributed by atoms with Crippen LogP contribution in [-0.4, -0.2) is 23.8 Å². The average Bonchev–Trinajstić information content (AvgIpc) is 3.12. The van der Waals surface area contributed by atoms with Crippen LogP contribution in [0, 0.1) is 18.3 Å². The molecular weight excluding hydrogens is 610 g/mol. The molecule has 1 atom stereocenters. The van der Waals surface area contributed by atoms with Crippen molar-refractivity contribution in [2.24, 2.45) is 4.99 Å². The van der Waals surface area contributed by atoms with Crippen molar-refractivity contribution in [3.8, 4) is 11.8 Å². The number of esters is 1. The molecule has 1 aliphatic heterocycles. The highest BCUT2D eigenvalue weighted by Gasteiger charge is 2.33. The van der Waals surface area contributed by atoms with Crippen molar-refractivity contribution in [1.82, 2.24) is 4.57 Å². The van der Waals surface area contributed by atoms with E-state index in [9.17, 15) is 9.59 Å². The van der Waals surface area contributed by atoms with Crippen LogP contribution in [0.5, 0.6) is 5.75 Å². The number of aryl methyl sites for hydroxylation is 1. The van der Waals surface area contributed by atoms with E-state index in [1.807, 2.05) is 49.4 Å². The molecule has 0 aliphatic carbocycles. The van der Waals surface area contributed by atoms with E-state index in [2.05, 4.69) is 36.9 Å². The molecular formula is C26H21Br2N3O4S. The lowest BCUT2D eigenvalue weighted by Gasteiger charge is -2.24. The second-order valence-electron chi connectivity index (χ2n) is 7.97. The Labute approximate surface area is 228 Å². The van der Waals surface area contributed by atoms with Crippen LogP contribution < -0.4 is 19.6 Å². The van der Waals surface area contributed by atoms with Crippen LogP contribution in [-0.2, 0) is 9.53 Å². The molecule has 0 unspecified atom stereocenters. The highest BCUT2D eigenvalue weighted by Crippen LogP contribution is 2.35. The van der Waals surface area contributed by atoms with Crippen LogP contribution in [0.3, 0.4) is 0 Å². The summed E-state index contributed by atoms with van der Waals surface area (Å²) in [7, 11) is 0. The van der Waals surface area contributed by atoms with E-state index in [0.717, 1.165) is 16.7 Å². The molecule has 4 rings (SSSR count). The molecule has 2 aromatic carbocycles. The van der Waals surface area contributed by atoms with Crippen molar-refractivity contribution in [2.45, 2.75) is 26.8 Å². The Bertz CT molecular complexity index is 1570. The van der Waals surface area contributed by atoms with Crippen molar-refractivity contribution in [2.75, 3.05) is 13.2 Å². The summed E-state index contributed by atoms with van der Waals surface area (Å²) in [4.78, 5) is 31.8. The first-order chi connectivity index (χ1) is 17.2. The molecule has 1 aliphatic rings. The van der Waals surface area contributed by atoms with Gasteiger partial charge in [0.2, 0.25) is 0 Å². The Morgan fingerprint density at radius 3 is 2.50 bits per heavy atom. The van der Waals surface area contributed by atoms with Crippen LogP contribution in [0.25, 0.3) is 6.08 Å². The zero-order chi connectivity index (χ0) is 26.0. The van der Waals surface area contributed by atoms with Gasteiger partial charge in [-0.15, -0.1) is 0 Å². The second kappa shape index (κ2) is 10.9. The molecule has 0 saturated carbocycles. The van der Waals surface area contributed by atoms with Gasteiger partial charge in [0, 0.05) is 0 Å². The first kappa shape index (κ1) is 26.1. The molecule has 2 heterocycles. The third kappa shape index (κ3) is 5.09. The van der Waals surface area contributed by atoms with Gasteiger partial charge >= 0.3 is 5.97 Å². The quantitative estimate of drug-likeness (QED) is 0.373.